The van der Waals surface area contributed by atoms with Crippen LogP contribution < -0.4 is 10.1 Å². The van der Waals surface area contributed by atoms with Crippen LogP contribution in [0.3, 0.4) is 0 Å². The number of phenolic OH excluding ortho intramolecular Hbond substituents is 1. The van der Waals surface area contributed by atoms with Crippen molar-refractivity contribution in [2.75, 3.05) is 13.7 Å². The van der Waals surface area contributed by atoms with Crippen LogP contribution in [0.1, 0.15) is 63.8 Å². The number of methoxy groups -OCH3 is 1. The third kappa shape index (κ3) is 6.05. The van der Waals surface area contributed by atoms with Crippen LogP contribution >= 0.6 is 11.8 Å². The van der Waals surface area contributed by atoms with Gasteiger partial charge in [-0.05, 0) is 57.7 Å². The third-order valence-electron chi connectivity index (χ3n) is 5.79. The molecule has 0 bridgehead atoms. The van der Waals surface area contributed by atoms with Crippen LogP contribution in [0.15, 0.2) is 36.5 Å². The standard InChI is InChI=1S/C27H36N2O3S/c1-26(2,3)21-12-17(13-22(24(21)30)27(4,5)6)16-33-25(31)28-11-10-18-15-29-23-9-8-19(32-7)14-20(18)23/h8-9,12-15,29-30H,10-11,16H2,1-7H3,(H,28,31). The number of hydrogen-bond donors (Lipinski definition) is 3. The molecule has 5 nitrogen and oxygen atoms in total. The molecule has 0 fully saturated rings. The zero-order chi connectivity index (χ0) is 24.4. The van der Waals surface area contributed by atoms with Gasteiger partial charge < -0.3 is 20.1 Å². The molecular weight excluding hydrogens is 432 g/mol. The van der Waals surface area contributed by atoms with Gasteiger partial charge in [0, 0.05) is 29.4 Å². The van der Waals surface area contributed by atoms with Crippen LogP contribution in [-0.4, -0.2) is 29.0 Å². The van der Waals surface area contributed by atoms with Crippen molar-refractivity contribution in [2.45, 2.75) is 64.5 Å². The summed E-state index contributed by atoms with van der Waals surface area (Å²) in [5, 5.41) is 15.0. The molecule has 0 aliphatic rings. The summed E-state index contributed by atoms with van der Waals surface area (Å²) in [6.45, 7) is 13.1. The van der Waals surface area contributed by atoms with E-state index in [0.717, 1.165) is 45.3 Å². The van der Waals surface area contributed by atoms with Crippen molar-refractivity contribution >= 4 is 27.9 Å². The number of ether oxygens (including phenoxy) is 1. The maximum absolute atomic E-state index is 12.5. The molecule has 33 heavy (non-hydrogen) atoms. The van der Waals surface area contributed by atoms with E-state index in [1.54, 1.807) is 7.11 Å². The number of benzene rings is 2. The predicted molar refractivity (Wildman–Crippen MR) is 139 cm³/mol. The fraction of sp³-hybridized carbons (Fsp3) is 0.444. The minimum atomic E-state index is -0.185. The Kier molecular flexibility index (Phi) is 7.37. The van der Waals surface area contributed by atoms with Crippen molar-refractivity contribution in [3.8, 4) is 11.5 Å². The molecule has 0 atom stereocenters. The number of fused-ring (bicyclic) bond motifs is 1. The van der Waals surface area contributed by atoms with Crippen LogP contribution in [0, 0.1) is 0 Å². The molecule has 3 aromatic rings. The van der Waals surface area contributed by atoms with Crippen LogP contribution in [0.4, 0.5) is 4.79 Å². The molecule has 0 aliphatic heterocycles. The number of H-pyrrole nitrogens is 1. The topological polar surface area (TPSA) is 74.3 Å². The van der Waals surface area contributed by atoms with Crippen molar-refractivity contribution in [2.24, 2.45) is 0 Å². The summed E-state index contributed by atoms with van der Waals surface area (Å²) in [7, 11) is 1.66. The van der Waals surface area contributed by atoms with E-state index in [-0.39, 0.29) is 16.1 Å². The number of aromatic hydroxyl groups is 1. The highest BCUT2D eigenvalue weighted by atomic mass is 32.2. The Morgan fingerprint density at radius 3 is 2.27 bits per heavy atom. The average molecular weight is 469 g/mol. The van der Waals surface area contributed by atoms with Crippen molar-refractivity contribution in [1.82, 2.24) is 10.3 Å². The first-order valence-corrected chi connectivity index (χ1v) is 12.3. The molecule has 0 spiro atoms. The van der Waals surface area contributed by atoms with E-state index < -0.39 is 0 Å². The van der Waals surface area contributed by atoms with E-state index in [2.05, 4.69) is 51.8 Å². The number of thioether (sulfide) groups is 1. The van der Waals surface area contributed by atoms with Crippen LogP contribution in [0.25, 0.3) is 10.9 Å². The lowest BCUT2D eigenvalue weighted by atomic mass is 9.78. The summed E-state index contributed by atoms with van der Waals surface area (Å²) in [4.78, 5) is 15.8. The van der Waals surface area contributed by atoms with Gasteiger partial charge in [0.1, 0.15) is 11.5 Å². The lowest BCUT2D eigenvalue weighted by Crippen LogP contribution is -2.21. The first kappa shape index (κ1) is 25.0. The summed E-state index contributed by atoms with van der Waals surface area (Å²) in [6.07, 6.45) is 2.73. The maximum Gasteiger partial charge on any atom is 0.279 e. The van der Waals surface area contributed by atoms with E-state index in [4.69, 9.17) is 4.74 Å². The Hall–Kier alpha value is -2.60. The molecule has 2 aromatic carbocycles. The van der Waals surface area contributed by atoms with Gasteiger partial charge in [0.15, 0.2) is 0 Å². The molecule has 1 aromatic heterocycles. The Morgan fingerprint density at radius 1 is 1.06 bits per heavy atom. The normalized spacial score (nSPS) is 12.2. The van der Waals surface area contributed by atoms with E-state index in [1.807, 2.05) is 36.5 Å². The molecule has 6 heteroatoms. The van der Waals surface area contributed by atoms with Gasteiger partial charge in [-0.15, -0.1) is 0 Å². The monoisotopic (exact) mass is 468 g/mol. The average Bonchev–Trinajstić information content (AvgIpc) is 3.13. The SMILES string of the molecule is COc1ccc2[nH]cc(CCNC(=O)SCc3cc(C(C)(C)C)c(O)c(C(C)(C)C)c3)c2c1. The summed E-state index contributed by atoms with van der Waals surface area (Å²) in [5.41, 5.74) is 4.72. The quantitative estimate of drug-likeness (QED) is 0.378. The van der Waals surface area contributed by atoms with E-state index >= 15 is 0 Å². The van der Waals surface area contributed by atoms with Crippen molar-refractivity contribution < 1.29 is 14.6 Å². The van der Waals surface area contributed by atoms with Gasteiger partial charge in [-0.1, -0.05) is 65.4 Å². The van der Waals surface area contributed by atoms with E-state index in [1.165, 1.54) is 11.8 Å². The van der Waals surface area contributed by atoms with Gasteiger partial charge in [-0.25, -0.2) is 0 Å². The Labute approximate surface area is 201 Å². The first-order chi connectivity index (χ1) is 15.4. The van der Waals surface area contributed by atoms with Crippen LogP contribution in [0.2, 0.25) is 0 Å². The molecule has 0 saturated carbocycles. The Balaban J connectivity index is 1.63. The van der Waals surface area contributed by atoms with Crippen molar-refractivity contribution in [3.05, 3.63) is 58.8 Å². The minimum absolute atomic E-state index is 0.0462. The summed E-state index contributed by atoms with van der Waals surface area (Å²) in [5.74, 6) is 1.74. The number of nitrogens with one attached hydrogen (secondary N) is 2. The molecule has 1 heterocycles. The van der Waals surface area contributed by atoms with E-state index in [9.17, 15) is 9.90 Å². The van der Waals surface area contributed by atoms with Gasteiger partial charge in [0.05, 0.1) is 7.11 Å². The predicted octanol–water partition coefficient (Wildman–Crippen LogP) is 6.66. The van der Waals surface area contributed by atoms with Gasteiger partial charge >= 0.3 is 0 Å². The van der Waals surface area contributed by atoms with Gasteiger partial charge in [-0.3, -0.25) is 4.79 Å². The second-order valence-electron chi connectivity index (χ2n) is 10.5. The molecule has 1 amide bonds. The number of aromatic amines is 1. The molecule has 3 rings (SSSR count). The summed E-state index contributed by atoms with van der Waals surface area (Å²) in [6, 6.07) is 10.0. The summed E-state index contributed by atoms with van der Waals surface area (Å²) < 4.78 is 5.33. The van der Waals surface area contributed by atoms with Crippen LogP contribution in [0.5, 0.6) is 11.5 Å². The number of rotatable bonds is 6. The number of carbonyl (C=O) groups excluding carboxylic acids is 1. The van der Waals surface area contributed by atoms with Crippen molar-refractivity contribution in [3.63, 3.8) is 0 Å². The fourth-order valence-electron chi connectivity index (χ4n) is 3.91. The van der Waals surface area contributed by atoms with E-state index in [0.29, 0.717) is 18.0 Å². The highest BCUT2D eigenvalue weighted by Crippen LogP contribution is 2.40. The lowest BCUT2D eigenvalue weighted by molar-refractivity contribution is 0.261. The Bertz CT molecular complexity index is 1100. The number of phenols is 1. The number of amides is 1. The van der Waals surface area contributed by atoms with Gasteiger partial charge in [0.2, 0.25) is 0 Å². The molecule has 0 unspecified atom stereocenters. The minimum Gasteiger partial charge on any atom is -0.507 e. The number of carbonyl (C=O) groups is 1. The molecule has 0 saturated heterocycles. The zero-order valence-electron chi connectivity index (χ0n) is 20.8. The van der Waals surface area contributed by atoms with Gasteiger partial charge in [0.25, 0.3) is 5.24 Å². The van der Waals surface area contributed by atoms with Crippen LogP contribution in [-0.2, 0) is 23.0 Å². The van der Waals surface area contributed by atoms with Crippen molar-refractivity contribution in [1.29, 1.82) is 0 Å². The zero-order valence-corrected chi connectivity index (χ0v) is 21.6. The molecule has 178 valence electrons. The number of aromatic nitrogens is 1. The second kappa shape index (κ2) is 9.72. The molecular formula is C27H36N2O3S. The highest BCUT2D eigenvalue weighted by molar-refractivity contribution is 8.12. The van der Waals surface area contributed by atoms with Gasteiger partial charge in [-0.2, -0.15) is 0 Å². The third-order valence-corrected chi connectivity index (χ3v) is 6.68. The highest BCUT2D eigenvalue weighted by Gasteiger charge is 2.26. The molecule has 0 aliphatic carbocycles. The first-order valence-electron chi connectivity index (χ1n) is 11.3. The maximum atomic E-state index is 12.5. The lowest BCUT2D eigenvalue weighted by Gasteiger charge is -2.28. The number of hydrogen-bond acceptors (Lipinski definition) is 4. The Morgan fingerprint density at radius 2 is 1.70 bits per heavy atom. The fourth-order valence-corrected chi connectivity index (χ4v) is 4.58. The smallest absolute Gasteiger partial charge is 0.279 e. The largest absolute Gasteiger partial charge is 0.507 e. The molecule has 3 N–H and O–H groups in total. The molecule has 0 radical (unpaired) electrons. The summed E-state index contributed by atoms with van der Waals surface area (Å²) >= 11 is 1.26. The second-order valence-corrected chi connectivity index (χ2v) is 11.5.